The van der Waals surface area contributed by atoms with E-state index in [2.05, 4.69) is 15.0 Å². The van der Waals surface area contributed by atoms with Crippen LogP contribution in [0.15, 0.2) is 12.3 Å². The predicted octanol–water partition coefficient (Wildman–Crippen LogP) is 1.59. The SMILES string of the molecule is CC(C)(C)S(=O)N[C@@H]1c2cnc(CO)cc2CC12CCNCC2. The van der Waals surface area contributed by atoms with Gasteiger partial charge in [-0.1, -0.05) is 0 Å². The van der Waals surface area contributed by atoms with Crippen LogP contribution in [-0.4, -0.2) is 32.1 Å². The van der Waals surface area contributed by atoms with Crippen molar-refractivity contribution in [1.29, 1.82) is 0 Å². The van der Waals surface area contributed by atoms with E-state index < -0.39 is 11.0 Å². The molecule has 3 rings (SSSR count). The van der Waals surface area contributed by atoms with Crippen molar-refractivity contribution in [3.63, 3.8) is 0 Å². The zero-order valence-electron chi connectivity index (χ0n) is 14.2. The Morgan fingerprint density at radius 2 is 2.13 bits per heavy atom. The number of pyridine rings is 1. The fourth-order valence-corrected chi connectivity index (χ4v) is 4.67. The summed E-state index contributed by atoms with van der Waals surface area (Å²) in [5.41, 5.74) is 3.21. The number of fused-ring (bicyclic) bond motifs is 1. The van der Waals surface area contributed by atoms with E-state index >= 15 is 0 Å². The van der Waals surface area contributed by atoms with Gasteiger partial charge in [-0.2, -0.15) is 0 Å². The van der Waals surface area contributed by atoms with Crippen molar-refractivity contribution >= 4 is 11.0 Å². The summed E-state index contributed by atoms with van der Waals surface area (Å²) in [6.45, 7) is 7.94. The second kappa shape index (κ2) is 6.24. The molecule has 128 valence electrons. The van der Waals surface area contributed by atoms with Crippen LogP contribution in [0, 0.1) is 5.41 Å². The molecule has 0 radical (unpaired) electrons. The molecule has 2 heterocycles. The van der Waals surface area contributed by atoms with Gasteiger partial charge in [-0.25, -0.2) is 8.93 Å². The molecule has 6 heteroatoms. The fourth-order valence-electron chi connectivity index (χ4n) is 3.73. The third-order valence-electron chi connectivity index (χ3n) is 5.09. The molecular formula is C17H27N3O2S. The number of aliphatic hydroxyl groups is 1. The maximum Gasteiger partial charge on any atom is 0.0976 e. The van der Waals surface area contributed by atoms with Crippen molar-refractivity contribution in [2.75, 3.05) is 13.1 Å². The molecule has 1 aliphatic carbocycles. The predicted molar refractivity (Wildman–Crippen MR) is 92.2 cm³/mol. The van der Waals surface area contributed by atoms with Crippen LogP contribution in [0.25, 0.3) is 0 Å². The third-order valence-corrected chi connectivity index (χ3v) is 6.65. The first-order valence-electron chi connectivity index (χ1n) is 8.33. The first-order chi connectivity index (χ1) is 10.9. The number of hydrogen-bond acceptors (Lipinski definition) is 4. The van der Waals surface area contributed by atoms with Crippen LogP contribution >= 0.6 is 0 Å². The number of nitrogens with one attached hydrogen (secondary N) is 2. The summed E-state index contributed by atoms with van der Waals surface area (Å²) in [6.07, 6.45) is 4.97. The van der Waals surface area contributed by atoms with Gasteiger partial charge in [-0.3, -0.25) is 4.98 Å². The number of nitrogens with zero attached hydrogens (tertiary/aromatic N) is 1. The molecule has 0 saturated carbocycles. The van der Waals surface area contributed by atoms with Gasteiger partial charge < -0.3 is 10.4 Å². The monoisotopic (exact) mass is 337 g/mol. The lowest BCUT2D eigenvalue weighted by Crippen LogP contribution is -2.46. The van der Waals surface area contributed by atoms with E-state index in [4.69, 9.17) is 0 Å². The minimum absolute atomic E-state index is 0.0339. The molecule has 1 saturated heterocycles. The van der Waals surface area contributed by atoms with Crippen molar-refractivity contribution < 1.29 is 9.32 Å². The minimum Gasteiger partial charge on any atom is -0.390 e. The molecule has 2 aliphatic rings. The number of piperidine rings is 1. The fraction of sp³-hybridized carbons (Fsp3) is 0.706. The van der Waals surface area contributed by atoms with Crippen LogP contribution < -0.4 is 10.0 Å². The van der Waals surface area contributed by atoms with E-state index in [0.29, 0.717) is 5.69 Å². The van der Waals surface area contributed by atoms with Crippen LogP contribution in [-0.2, 0) is 24.0 Å². The Balaban J connectivity index is 1.96. The summed E-state index contributed by atoms with van der Waals surface area (Å²) in [7, 11) is -1.12. The highest BCUT2D eigenvalue weighted by molar-refractivity contribution is 7.84. The van der Waals surface area contributed by atoms with Crippen molar-refractivity contribution in [3.8, 4) is 0 Å². The highest BCUT2D eigenvalue weighted by atomic mass is 32.2. The number of aliphatic hydroxyl groups excluding tert-OH is 1. The van der Waals surface area contributed by atoms with Gasteiger partial charge in [0.2, 0.25) is 0 Å². The smallest absolute Gasteiger partial charge is 0.0976 e. The van der Waals surface area contributed by atoms with E-state index in [1.807, 2.05) is 33.0 Å². The van der Waals surface area contributed by atoms with Crippen LogP contribution in [0.1, 0.15) is 56.5 Å². The molecule has 1 aliphatic heterocycles. The Morgan fingerprint density at radius 1 is 1.43 bits per heavy atom. The highest BCUT2D eigenvalue weighted by Gasteiger charge is 2.48. The Morgan fingerprint density at radius 3 is 2.74 bits per heavy atom. The molecule has 1 unspecified atom stereocenters. The molecule has 1 spiro atoms. The molecule has 2 atom stereocenters. The van der Waals surface area contributed by atoms with Crippen molar-refractivity contribution in [3.05, 3.63) is 29.1 Å². The second-order valence-electron chi connectivity index (χ2n) is 7.75. The number of hydrogen-bond donors (Lipinski definition) is 3. The minimum atomic E-state index is -1.12. The van der Waals surface area contributed by atoms with Gasteiger partial charge in [-0.05, 0) is 75.7 Å². The molecule has 3 N–H and O–H groups in total. The van der Waals surface area contributed by atoms with Crippen molar-refractivity contribution in [2.45, 2.75) is 57.4 Å². The lowest BCUT2D eigenvalue weighted by molar-refractivity contribution is 0.164. The van der Waals surface area contributed by atoms with Gasteiger partial charge >= 0.3 is 0 Å². The van der Waals surface area contributed by atoms with Crippen LogP contribution in [0.3, 0.4) is 0 Å². The first kappa shape index (κ1) is 17.0. The van der Waals surface area contributed by atoms with Crippen molar-refractivity contribution in [2.24, 2.45) is 5.41 Å². The summed E-state index contributed by atoms with van der Waals surface area (Å²) in [4.78, 5) is 4.36. The Labute approximate surface area is 140 Å². The van der Waals surface area contributed by atoms with E-state index in [9.17, 15) is 9.32 Å². The van der Waals surface area contributed by atoms with Gasteiger partial charge in [0.25, 0.3) is 0 Å². The Bertz CT molecular complexity index is 606. The van der Waals surface area contributed by atoms with Crippen molar-refractivity contribution in [1.82, 2.24) is 15.0 Å². The average Bonchev–Trinajstić information content (AvgIpc) is 2.79. The zero-order chi connectivity index (χ0) is 16.7. The Hall–Kier alpha value is -0.820. The molecular weight excluding hydrogens is 310 g/mol. The summed E-state index contributed by atoms with van der Waals surface area (Å²) in [5.74, 6) is 0. The summed E-state index contributed by atoms with van der Waals surface area (Å²) in [5, 5.41) is 12.8. The zero-order valence-corrected chi connectivity index (χ0v) is 15.0. The van der Waals surface area contributed by atoms with E-state index in [-0.39, 0.29) is 22.8 Å². The molecule has 0 amide bonds. The number of aromatic nitrogens is 1. The third kappa shape index (κ3) is 3.22. The van der Waals surface area contributed by atoms with Crippen LogP contribution in [0.2, 0.25) is 0 Å². The van der Waals surface area contributed by atoms with Gasteiger partial charge in [0.05, 0.1) is 34.1 Å². The van der Waals surface area contributed by atoms with Crippen LogP contribution in [0.4, 0.5) is 0 Å². The number of rotatable bonds is 3. The molecule has 1 aromatic heterocycles. The van der Waals surface area contributed by atoms with E-state index in [1.54, 1.807) is 0 Å². The summed E-state index contributed by atoms with van der Waals surface area (Å²) in [6, 6.07) is 2.08. The second-order valence-corrected chi connectivity index (χ2v) is 9.75. The van der Waals surface area contributed by atoms with E-state index in [1.165, 1.54) is 5.56 Å². The molecule has 1 aromatic rings. The topological polar surface area (TPSA) is 74.2 Å². The van der Waals surface area contributed by atoms with Gasteiger partial charge in [-0.15, -0.1) is 0 Å². The van der Waals surface area contributed by atoms with Gasteiger partial charge in [0.15, 0.2) is 0 Å². The summed E-state index contributed by atoms with van der Waals surface area (Å²) >= 11 is 0. The lowest BCUT2D eigenvalue weighted by atomic mass is 9.73. The van der Waals surface area contributed by atoms with Gasteiger partial charge in [0, 0.05) is 6.20 Å². The normalized spacial score (nSPS) is 24.6. The van der Waals surface area contributed by atoms with Gasteiger partial charge in [0.1, 0.15) is 0 Å². The standard InChI is InChI=1S/C17H27N3O2S/c1-16(2,3)23(22)20-15-14-10-19-13(11-21)8-12(14)9-17(15)4-6-18-7-5-17/h8,10,15,18,20-21H,4-7,9,11H2,1-3H3/t15-,23?/m1/s1. The maximum absolute atomic E-state index is 12.7. The molecule has 0 bridgehead atoms. The van der Waals surface area contributed by atoms with E-state index in [0.717, 1.165) is 37.9 Å². The quantitative estimate of drug-likeness (QED) is 0.783. The first-order valence-corrected chi connectivity index (χ1v) is 9.48. The summed E-state index contributed by atoms with van der Waals surface area (Å²) < 4.78 is 15.8. The molecule has 1 fully saturated rings. The largest absolute Gasteiger partial charge is 0.390 e. The lowest BCUT2D eigenvalue weighted by Gasteiger charge is -2.40. The molecule has 23 heavy (non-hydrogen) atoms. The average molecular weight is 337 g/mol. The molecule has 5 nitrogen and oxygen atoms in total. The maximum atomic E-state index is 12.7. The molecule has 0 aromatic carbocycles. The van der Waals surface area contributed by atoms with Crippen LogP contribution in [0.5, 0.6) is 0 Å². The Kier molecular flexibility index (Phi) is 4.62. The highest BCUT2D eigenvalue weighted by Crippen LogP contribution is 2.51.